The summed E-state index contributed by atoms with van der Waals surface area (Å²) in [5.74, 6) is 0.950. The van der Waals surface area contributed by atoms with E-state index in [4.69, 9.17) is 9.73 Å². The Morgan fingerprint density at radius 1 is 1.21 bits per heavy atom. The molecule has 1 saturated heterocycles. The highest BCUT2D eigenvalue weighted by Gasteiger charge is 2.25. The molecule has 1 N–H and O–H groups in total. The summed E-state index contributed by atoms with van der Waals surface area (Å²) in [5.41, 5.74) is 2.57. The molecule has 1 aliphatic heterocycles. The van der Waals surface area contributed by atoms with Crippen molar-refractivity contribution in [1.29, 1.82) is 0 Å². The van der Waals surface area contributed by atoms with Gasteiger partial charge in [0.05, 0.1) is 13.2 Å². The molecule has 3 rings (SSSR count). The van der Waals surface area contributed by atoms with Crippen LogP contribution in [0, 0.1) is 6.92 Å². The monoisotopic (exact) mass is 396 g/mol. The molecule has 6 heteroatoms. The normalized spacial score (nSPS) is 17.4. The molecule has 0 spiro atoms. The van der Waals surface area contributed by atoms with Crippen LogP contribution in [0.25, 0.3) is 0 Å². The third kappa shape index (κ3) is 5.94. The van der Waals surface area contributed by atoms with E-state index in [1.807, 2.05) is 12.3 Å². The molecule has 1 unspecified atom stereocenters. The van der Waals surface area contributed by atoms with Crippen LogP contribution in [0.4, 0.5) is 0 Å². The average molecular weight is 397 g/mol. The van der Waals surface area contributed by atoms with Gasteiger partial charge < -0.3 is 19.5 Å². The summed E-state index contributed by atoms with van der Waals surface area (Å²) in [6.45, 7) is 8.88. The molecule has 1 aliphatic rings. The SMILES string of the molecule is CCNC(=NCCCCn1ccccc1=O)N1CCOC(c2ccccc2C)C1. The van der Waals surface area contributed by atoms with Crippen LogP contribution < -0.4 is 10.9 Å². The first-order valence-electron chi connectivity index (χ1n) is 10.5. The number of morpholine rings is 1. The van der Waals surface area contributed by atoms with Crippen molar-refractivity contribution in [2.75, 3.05) is 32.8 Å². The Hall–Kier alpha value is -2.60. The third-order valence-corrected chi connectivity index (χ3v) is 5.20. The predicted octanol–water partition coefficient (Wildman–Crippen LogP) is 2.98. The van der Waals surface area contributed by atoms with Crippen molar-refractivity contribution in [1.82, 2.24) is 14.8 Å². The van der Waals surface area contributed by atoms with Gasteiger partial charge in [-0.2, -0.15) is 0 Å². The van der Waals surface area contributed by atoms with Gasteiger partial charge in [0.1, 0.15) is 6.10 Å². The van der Waals surface area contributed by atoms with Crippen molar-refractivity contribution in [3.63, 3.8) is 0 Å². The molecule has 2 heterocycles. The van der Waals surface area contributed by atoms with E-state index < -0.39 is 0 Å². The lowest BCUT2D eigenvalue weighted by Crippen LogP contribution is -2.48. The molecule has 0 radical (unpaired) electrons. The topological polar surface area (TPSA) is 58.9 Å². The van der Waals surface area contributed by atoms with Gasteiger partial charge in [-0.15, -0.1) is 0 Å². The van der Waals surface area contributed by atoms with Crippen molar-refractivity contribution < 1.29 is 4.74 Å². The minimum Gasteiger partial charge on any atom is -0.370 e. The number of pyridine rings is 1. The zero-order chi connectivity index (χ0) is 20.5. The number of hydrogen-bond donors (Lipinski definition) is 1. The summed E-state index contributed by atoms with van der Waals surface area (Å²) in [4.78, 5) is 18.9. The van der Waals surface area contributed by atoms with E-state index in [2.05, 4.69) is 48.3 Å². The van der Waals surface area contributed by atoms with Gasteiger partial charge in [0.15, 0.2) is 5.96 Å². The van der Waals surface area contributed by atoms with E-state index in [0.29, 0.717) is 6.61 Å². The number of guanidine groups is 1. The molecule has 0 aliphatic carbocycles. The number of aliphatic imine (C=N–C) groups is 1. The second-order valence-corrected chi connectivity index (χ2v) is 7.34. The fourth-order valence-electron chi connectivity index (χ4n) is 3.63. The number of ether oxygens (including phenoxy) is 1. The van der Waals surface area contributed by atoms with E-state index in [1.54, 1.807) is 16.7 Å². The maximum Gasteiger partial charge on any atom is 0.250 e. The zero-order valence-corrected chi connectivity index (χ0v) is 17.5. The fourth-order valence-corrected chi connectivity index (χ4v) is 3.63. The Morgan fingerprint density at radius 2 is 2.03 bits per heavy atom. The Bertz CT molecular complexity index is 862. The van der Waals surface area contributed by atoms with Gasteiger partial charge >= 0.3 is 0 Å². The van der Waals surface area contributed by atoms with Crippen molar-refractivity contribution >= 4 is 5.96 Å². The molecule has 156 valence electrons. The molecule has 1 fully saturated rings. The number of nitrogens with one attached hydrogen (secondary N) is 1. The van der Waals surface area contributed by atoms with E-state index >= 15 is 0 Å². The Morgan fingerprint density at radius 3 is 2.83 bits per heavy atom. The molecule has 1 atom stereocenters. The van der Waals surface area contributed by atoms with Crippen molar-refractivity contribution in [3.8, 4) is 0 Å². The minimum absolute atomic E-state index is 0.0555. The first-order chi connectivity index (χ1) is 14.2. The zero-order valence-electron chi connectivity index (χ0n) is 17.5. The maximum absolute atomic E-state index is 11.8. The highest BCUT2D eigenvalue weighted by atomic mass is 16.5. The molecular formula is C23H32N4O2. The molecule has 29 heavy (non-hydrogen) atoms. The minimum atomic E-state index is 0.0555. The number of aromatic nitrogens is 1. The molecule has 0 amide bonds. The molecule has 0 bridgehead atoms. The van der Waals surface area contributed by atoms with E-state index in [1.165, 1.54) is 11.1 Å². The van der Waals surface area contributed by atoms with Gasteiger partial charge in [0.25, 0.3) is 0 Å². The fraction of sp³-hybridized carbons (Fsp3) is 0.478. The van der Waals surface area contributed by atoms with Crippen molar-refractivity contribution in [2.24, 2.45) is 4.99 Å². The smallest absolute Gasteiger partial charge is 0.250 e. The number of aryl methyl sites for hydroxylation is 2. The second-order valence-electron chi connectivity index (χ2n) is 7.34. The average Bonchev–Trinajstić information content (AvgIpc) is 2.74. The highest BCUT2D eigenvalue weighted by molar-refractivity contribution is 5.80. The van der Waals surface area contributed by atoms with E-state index in [0.717, 1.165) is 51.5 Å². The number of rotatable bonds is 7. The second kappa shape index (κ2) is 10.8. The summed E-state index contributed by atoms with van der Waals surface area (Å²) < 4.78 is 7.80. The van der Waals surface area contributed by atoms with Crippen LogP contribution in [0.5, 0.6) is 0 Å². The molecule has 0 saturated carbocycles. The van der Waals surface area contributed by atoms with Gasteiger partial charge in [-0.3, -0.25) is 9.79 Å². The molecule has 1 aromatic heterocycles. The van der Waals surface area contributed by atoms with Gasteiger partial charge in [-0.25, -0.2) is 0 Å². The van der Waals surface area contributed by atoms with Crippen LogP contribution in [-0.2, 0) is 11.3 Å². The lowest BCUT2D eigenvalue weighted by molar-refractivity contribution is -0.00832. The lowest BCUT2D eigenvalue weighted by atomic mass is 10.0. The number of hydrogen-bond acceptors (Lipinski definition) is 3. The van der Waals surface area contributed by atoms with Gasteiger partial charge in [0, 0.05) is 38.4 Å². The van der Waals surface area contributed by atoms with E-state index in [-0.39, 0.29) is 11.7 Å². The predicted molar refractivity (Wildman–Crippen MR) is 117 cm³/mol. The summed E-state index contributed by atoms with van der Waals surface area (Å²) in [5, 5.41) is 3.42. The maximum atomic E-state index is 11.8. The number of nitrogens with zero attached hydrogens (tertiary/aromatic N) is 3. The Kier molecular flexibility index (Phi) is 7.87. The Labute approximate surface area is 173 Å². The van der Waals surface area contributed by atoms with Crippen LogP contribution in [0.3, 0.4) is 0 Å². The van der Waals surface area contributed by atoms with Crippen molar-refractivity contribution in [2.45, 2.75) is 39.3 Å². The Balaban J connectivity index is 1.56. The number of unbranched alkanes of at least 4 members (excludes halogenated alkanes) is 1. The quantitative estimate of drug-likeness (QED) is 0.444. The first-order valence-corrected chi connectivity index (χ1v) is 10.5. The summed E-state index contributed by atoms with van der Waals surface area (Å²) in [7, 11) is 0. The molecular weight excluding hydrogens is 364 g/mol. The van der Waals surface area contributed by atoms with Crippen LogP contribution in [0.1, 0.15) is 37.0 Å². The summed E-state index contributed by atoms with van der Waals surface area (Å²) >= 11 is 0. The summed E-state index contributed by atoms with van der Waals surface area (Å²) in [6.07, 6.45) is 3.79. The van der Waals surface area contributed by atoms with E-state index in [9.17, 15) is 4.79 Å². The van der Waals surface area contributed by atoms with Crippen LogP contribution in [0.2, 0.25) is 0 Å². The third-order valence-electron chi connectivity index (χ3n) is 5.20. The van der Waals surface area contributed by atoms with Crippen LogP contribution >= 0.6 is 0 Å². The van der Waals surface area contributed by atoms with Crippen LogP contribution in [-0.4, -0.2) is 48.2 Å². The number of benzene rings is 1. The highest BCUT2D eigenvalue weighted by Crippen LogP contribution is 2.24. The lowest BCUT2D eigenvalue weighted by Gasteiger charge is -2.35. The van der Waals surface area contributed by atoms with Gasteiger partial charge in [-0.05, 0) is 43.9 Å². The van der Waals surface area contributed by atoms with Gasteiger partial charge in [0.2, 0.25) is 5.56 Å². The largest absolute Gasteiger partial charge is 0.370 e. The molecule has 1 aromatic carbocycles. The molecule has 6 nitrogen and oxygen atoms in total. The molecule has 2 aromatic rings. The first kappa shape index (κ1) is 21.1. The van der Waals surface area contributed by atoms with Gasteiger partial charge in [-0.1, -0.05) is 30.3 Å². The standard InChI is InChI=1S/C23H32N4O2/c1-3-24-23(25-13-7-9-15-26-14-8-6-12-22(26)28)27-16-17-29-21(18-27)20-11-5-4-10-19(20)2/h4-6,8,10-12,14,21H,3,7,9,13,15-18H2,1-2H3,(H,24,25). The summed E-state index contributed by atoms with van der Waals surface area (Å²) in [6, 6.07) is 13.7. The van der Waals surface area contributed by atoms with Crippen molar-refractivity contribution in [3.05, 3.63) is 70.1 Å². The van der Waals surface area contributed by atoms with Crippen LogP contribution in [0.15, 0.2) is 58.4 Å².